The minimum absolute atomic E-state index is 0.266. The number of aryl methyl sites for hydroxylation is 1. The summed E-state index contributed by atoms with van der Waals surface area (Å²) >= 11 is 0. The Bertz CT molecular complexity index is 1800. The summed E-state index contributed by atoms with van der Waals surface area (Å²) in [5.74, 6) is 0.447. The van der Waals surface area contributed by atoms with E-state index in [1.807, 2.05) is 121 Å². The van der Waals surface area contributed by atoms with Crippen LogP contribution in [0.2, 0.25) is 0 Å². The van der Waals surface area contributed by atoms with Crippen molar-refractivity contribution in [3.8, 4) is 28.3 Å². The molecule has 6 aromatic rings. The standard InChI is InChI=1S/C23H20N4O2.C14H15NO/c1-3-21-25-26-22(27(21)20-11-7-10-18(15(20)2)23(28)29)17-12-13-19(24-14-17)16-8-5-4-6-9-16;15-13(11-7-3-1-4-8-11)14(16)12-9-5-2-6-10-12/h4-14H,3H2,1-2H3,(H,28,29);1-10,13-14,16H,15H2/t;13-,14+/m.0/s1. The van der Waals surface area contributed by atoms with Crippen molar-refractivity contribution in [3.05, 3.63) is 156 Å². The van der Waals surface area contributed by atoms with Crippen molar-refractivity contribution in [1.82, 2.24) is 19.7 Å². The van der Waals surface area contributed by atoms with Crippen LogP contribution in [0.4, 0.5) is 0 Å². The number of carboxylic acid groups (broad SMARTS) is 1. The van der Waals surface area contributed by atoms with E-state index in [4.69, 9.17) is 5.73 Å². The van der Waals surface area contributed by atoms with Gasteiger partial charge in [0.25, 0.3) is 0 Å². The van der Waals surface area contributed by atoms with Gasteiger partial charge in [0.1, 0.15) is 5.82 Å². The molecule has 2 aromatic heterocycles. The van der Waals surface area contributed by atoms with Crippen LogP contribution in [-0.4, -0.2) is 35.9 Å². The van der Waals surface area contributed by atoms with Crippen LogP contribution in [0.5, 0.6) is 0 Å². The molecule has 0 amide bonds. The first-order valence-corrected chi connectivity index (χ1v) is 14.7. The van der Waals surface area contributed by atoms with Gasteiger partial charge in [0.15, 0.2) is 5.82 Å². The predicted octanol–water partition coefficient (Wildman–Crippen LogP) is 6.99. The second-order valence-corrected chi connectivity index (χ2v) is 10.5. The van der Waals surface area contributed by atoms with E-state index in [0.29, 0.717) is 17.8 Å². The maximum atomic E-state index is 11.6. The molecule has 8 nitrogen and oxygen atoms in total. The fraction of sp³-hybridized carbons (Fsp3) is 0.135. The van der Waals surface area contributed by atoms with Crippen LogP contribution >= 0.6 is 0 Å². The topological polar surface area (TPSA) is 127 Å². The molecule has 0 spiro atoms. The van der Waals surface area contributed by atoms with Crippen molar-refractivity contribution in [2.45, 2.75) is 32.4 Å². The molecule has 2 atom stereocenters. The monoisotopic (exact) mass is 597 g/mol. The molecule has 2 heterocycles. The average molecular weight is 598 g/mol. The lowest BCUT2D eigenvalue weighted by Gasteiger charge is -2.19. The van der Waals surface area contributed by atoms with Crippen LogP contribution in [-0.2, 0) is 6.42 Å². The molecule has 8 heteroatoms. The fourth-order valence-electron chi connectivity index (χ4n) is 5.10. The number of nitrogens with two attached hydrogens (primary N) is 1. The number of aromatic nitrogens is 4. The molecule has 0 fully saturated rings. The van der Waals surface area contributed by atoms with E-state index in [1.54, 1.807) is 25.3 Å². The molecule has 0 bridgehead atoms. The number of pyridine rings is 1. The molecule has 226 valence electrons. The number of aromatic carboxylic acids is 1. The Hall–Kier alpha value is -5.44. The van der Waals surface area contributed by atoms with E-state index in [9.17, 15) is 15.0 Å². The number of aliphatic hydroxyl groups excluding tert-OH is 1. The number of carboxylic acids is 1. The highest BCUT2D eigenvalue weighted by atomic mass is 16.4. The third-order valence-electron chi connectivity index (χ3n) is 7.58. The molecule has 6 rings (SSSR count). The molecule has 4 N–H and O–H groups in total. The summed E-state index contributed by atoms with van der Waals surface area (Å²) in [5.41, 5.74) is 12.2. The van der Waals surface area contributed by atoms with Gasteiger partial charge in [-0.2, -0.15) is 0 Å². The summed E-state index contributed by atoms with van der Waals surface area (Å²) in [6.07, 6.45) is 1.78. The van der Waals surface area contributed by atoms with Gasteiger partial charge in [-0.1, -0.05) is 104 Å². The first-order valence-electron chi connectivity index (χ1n) is 14.7. The van der Waals surface area contributed by atoms with Gasteiger partial charge < -0.3 is 15.9 Å². The summed E-state index contributed by atoms with van der Waals surface area (Å²) < 4.78 is 1.92. The Kier molecular flexibility index (Phi) is 9.89. The van der Waals surface area contributed by atoms with Crippen molar-refractivity contribution in [2.75, 3.05) is 0 Å². The van der Waals surface area contributed by atoms with Gasteiger partial charge in [0.2, 0.25) is 0 Å². The van der Waals surface area contributed by atoms with E-state index in [0.717, 1.165) is 39.5 Å². The van der Waals surface area contributed by atoms with Crippen LogP contribution in [0.1, 0.15) is 51.9 Å². The van der Waals surface area contributed by atoms with Crippen molar-refractivity contribution in [1.29, 1.82) is 0 Å². The van der Waals surface area contributed by atoms with Gasteiger partial charge >= 0.3 is 5.97 Å². The van der Waals surface area contributed by atoms with Crippen LogP contribution in [0, 0.1) is 6.92 Å². The molecule has 4 aromatic carbocycles. The van der Waals surface area contributed by atoms with E-state index in [2.05, 4.69) is 15.2 Å². The molecule has 0 aliphatic rings. The van der Waals surface area contributed by atoms with E-state index in [1.165, 1.54) is 0 Å². The van der Waals surface area contributed by atoms with E-state index < -0.39 is 12.1 Å². The average Bonchev–Trinajstić information content (AvgIpc) is 3.53. The molecular formula is C37H35N5O3. The molecule has 0 saturated heterocycles. The largest absolute Gasteiger partial charge is 0.478 e. The second kappa shape index (κ2) is 14.4. The predicted molar refractivity (Wildman–Crippen MR) is 176 cm³/mol. The summed E-state index contributed by atoms with van der Waals surface area (Å²) in [6.45, 7) is 3.80. The van der Waals surface area contributed by atoms with Crippen LogP contribution in [0.15, 0.2) is 128 Å². The van der Waals surface area contributed by atoms with Gasteiger partial charge in [-0.25, -0.2) is 4.79 Å². The van der Waals surface area contributed by atoms with Crippen LogP contribution < -0.4 is 5.73 Å². The maximum Gasteiger partial charge on any atom is 0.336 e. The molecular weight excluding hydrogens is 562 g/mol. The van der Waals surface area contributed by atoms with Crippen molar-refractivity contribution in [3.63, 3.8) is 0 Å². The highest BCUT2D eigenvalue weighted by Gasteiger charge is 2.20. The molecule has 0 saturated carbocycles. The van der Waals surface area contributed by atoms with E-state index >= 15 is 0 Å². The summed E-state index contributed by atoms with van der Waals surface area (Å²) in [5, 5.41) is 28.3. The fourth-order valence-corrected chi connectivity index (χ4v) is 5.10. The summed E-state index contributed by atoms with van der Waals surface area (Å²) in [4.78, 5) is 16.2. The highest BCUT2D eigenvalue weighted by Crippen LogP contribution is 2.28. The Balaban J connectivity index is 0.000000211. The normalized spacial score (nSPS) is 12.1. The van der Waals surface area contributed by atoms with E-state index in [-0.39, 0.29) is 11.6 Å². The zero-order valence-corrected chi connectivity index (χ0v) is 25.2. The second-order valence-electron chi connectivity index (χ2n) is 10.5. The van der Waals surface area contributed by atoms with Crippen molar-refractivity contribution in [2.24, 2.45) is 5.73 Å². The molecule has 0 aliphatic carbocycles. The quantitative estimate of drug-likeness (QED) is 0.173. The number of rotatable bonds is 8. The zero-order chi connectivity index (χ0) is 31.8. The zero-order valence-electron chi connectivity index (χ0n) is 25.2. The lowest BCUT2D eigenvalue weighted by atomic mass is 9.97. The summed E-state index contributed by atoms with van der Waals surface area (Å²) in [6, 6.07) is 37.8. The van der Waals surface area contributed by atoms with Crippen molar-refractivity contribution >= 4 is 5.97 Å². The highest BCUT2D eigenvalue weighted by molar-refractivity contribution is 5.90. The Labute approximate surface area is 262 Å². The number of nitrogens with zero attached hydrogens (tertiary/aromatic N) is 4. The van der Waals surface area contributed by atoms with Crippen LogP contribution in [0.25, 0.3) is 28.3 Å². The van der Waals surface area contributed by atoms with Gasteiger partial charge in [-0.15, -0.1) is 10.2 Å². The first kappa shape index (κ1) is 31.0. The van der Waals surface area contributed by atoms with Crippen molar-refractivity contribution < 1.29 is 15.0 Å². The maximum absolute atomic E-state index is 11.6. The van der Waals surface area contributed by atoms with Gasteiger partial charge in [0, 0.05) is 23.7 Å². The Morgan fingerprint density at radius 1 is 0.778 bits per heavy atom. The van der Waals surface area contributed by atoms with Gasteiger partial charge in [-0.05, 0) is 47.9 Å². The smallest absolute Gasteiger partial charge is 0.336 e. The molecule has 0 unspecified atom stereocenters. The number of carbonyl (C=O) groups is 1. The SMILES string of the molecule is CCc1nnc(-c2ccc(-c3ccccc3)nc2)n1-c1cccc(C(=O)O)c1C.N[C@@H](c1ccccc1)[C@H](O)c1ccccc1. The molecule has 45 heavy (non-hydrogen) atoms. The Morgan fingerprint density at radius 2 is 1.40 bits per heavy atom. The molecule has 0 radical (unpaired) electrons. The Morgan fingerprint density at radius 3 is 1.98 bits per heavy atom. The van der Waals surface area contributed by atoms with Gasteiger partial charge in [0.05, 0.1) is 29.1 Å². The first-order chi connectivity index (χ1) is 21.9. The summed E-state index contributed by atoms with van der Waals surface area (Å²) in [7, 11) is 0. The number of hydrogen-bond donors (Lipinski definition) is 3. The van der Waals surface area contributed by atoms with Gasteiger partial charge in [-0.3, -0.25) is 9.55 Å². The minimum atomic E-state index is -0.953. The minimum Gasteiger partial charge on any atom is -0.478 e. The number of benzene rings is 4. The molecule has 0 aliphatic heterocycles. The third-order valence-corrected chi connectivity index (χ3v) is 7.58. The number of hydrogen-bond acceptors (Lipinski definition) is 6. The lowest BCUT2D eigenvalue weighted by molar-refractivity contribution is 0.0696. The van der Waals surface area contributed by atoms with Crippen LogP contribution in [0.3, 0.4) is 0 Å². The lowest BCUT2D eigenvalue weighted by Crippen LogP contribution is -2.19. The number of aliphatic hydroxyl groups is 1. The third kappa shape index (κ3) is 7.04.